The first-order chi connectivity index (χ1) is 10.7. The summed E-state index contributed by atoms with van der Waals surface area (Å²) in [6.45, 7) is 5.80. The van der Waals surface area contributed by atoms with Crippen LogP contribution in [0, 0.1) is 0 Å². The molecule has 0 radical (unpaired) electrons. The van der Waals surface area contributed by atoms with Crippen LogP contribution in [0.4, 0.5) is 0 Å². The Hall–Kier alpha value is -2.04. The molecule has 0 bridgehead atoms. The highest BCUT2D eigenvalue weighted by Crippen LogP contribution is 2.18. The van der Waals surface area contributed by atoms with Crippen LogP contribution in [-0.2, 0) is 19.6 Å². The first-order valence-corrected chi connectivity index (χ1v) is 7.41. The Balaban J connectivity index is 1.79. The average molecular weight is 301 g/mol. The standard InChI is InChI=1S/C18H23NO3/c1-3-6-15-7-4-5-8-18(15)21-12-11-19(2)13-16-9-10-17(14-20)22-16/h3-5,7-10,20H,1,6,11-14H2,2H3. The van der Waals surface area contributed by atoms with Crippen molar-refractivity contribution in [2.75, 3.05) is 20.2 Å². The molecule has 0 aliphatic rings. The molecule has 2 aromatic rings. The van der Waals surface area contributed by atoms with E-state index < -0.39 is 0 Å². The van der Waals surface area contributed by atoms with Gasteiger partial charge in [-0.25, -0.2) is 0 Å². The van der Waals surface area contributed by atoms with Gasteiger partial charge in [0.05, 0.1) is 6.54 Å². The highest BCUT2D eigenvalue weighted by Gasteiger charge is 2.06. The molecule has 2 rings (SSSR count). The van der Waals surface area contributed by atoms with Crippen LogP contribution < -0.4 is 4.74 Å². The lowest BCUT2D eigenvalue weighted by Gasteiger charge is -2.16. The summed E-state index contributed by atoms with van der Waals surface area (Å²) in [5.74, 6) is 2.35. The van der Waals surface area contributed by atoms with Gasteiger partial charge in [0.1, 0.15) is 30.5 Å². The van der Waals surface area contributed by atoms with E-state index in [1.165, 1.54) is 0 Å². The lowest BCUT2D eigenvalue weighted by atomic mass is 10.1. The number of rotatable bonds is 9. The summed E-state index contributed by atoms with van der Waals surface area (Å²) in [6.07, 6.45) is 2.69. The van der Waals surface area contributed by atoms with Crippen molar-refractivity contribution in [1.82, 2.24) is 4.90 Å². The van der Waals surface area contributed by atoms with E-state index in [1.807, 2.05) is 37.4 Å². The molecule has 4 heteroatoms. The second-order valence-electron chi connectivity index (χ2n) is 5.21. The minimum absolute atomic E-state index is 0.0626. The van der Waals surface area contributed by atoms with E-state index in [1.54, 1.807) is 6.07 Å². The molecule has 1 N–H and O–H groups in total. The van der Waals surface area contributed by atoms with Gasteiger partial charge in [-0.1, -0.05) is 24.3 Å². The Morgan fingerprint density at radius 3 is 2.73 bits per heavy atom. The Morgan fingerprint density at radius 1 is 1.23 bits per heavy atom. The molecule has 0 spiro atoms. The molecule has 1 aromatic heterocycles. The maximum atomic E-state index is 8.99. The fraction of sp³-hybridized carbons (Fsp3) is 0.333. The lowest BCUT2D eigenvalue weighted by molar-refractivity contribution is 0.210. The maximum Gasteiger partial charge on any atom is 0.129 e. The van der Waals surface area contributed by atoms with Gasteiger partial charge in [0, 0.05) is 6.54 Å². The number of benzene rings is 1. The third-order valence-corrected chi connectivity index (χ3v) is 3.37. The Kier molecular flexibility index (Phi) is 6.25. The van der Waals surface area contributed by atoms with Crippen LogP contribution in [0.15, 0.2) is 53.5 Å². The first-order valence-electron chi connectivity index (χ1n) is 7.41. The summed E-state index contributed by atoms with van der Waals surface area (Å²) in [5, 5.41) is 8.99. The van der Waals surface area contributed by atoms with E-state index >= 15 is 0 Å². The first kappa shape index (κ1) is 16.3. The number of aliphatic hydroxyl groups excluding tert-OH is 1. The highest BCUT2D eigenvalue weighted by atomic mass is 16.5. The molecule has 1 aromatic carbocycles. The molecular weight excluding hydrogens is 278 g/mol. The van der Waals surface area contributed by atoms with E-state index in [4.69, 9.17) is 14.3 Å². The fourth-order valence-corrected chi connectivity index (χ4v) is 2.22. The number of allylic oxidation sites excluding steroid dienone is 1. The van der Waals surface area contributed by atoms with Gasteiger partial charge in [-0.3, -0.25) is 4.90 Å². The summed E-state index contributed by atoms with van der Waals surface area (Å²) >= 11 is 0. The van der Waals surface area contributed by atoms with Gasteiger partial charge in [0.2, 0.25) is 0 Å². The second-order valence-corrected chi connectivity index (χ2v) is 5.21. The SMILES string of the molecule is C=CCc1ccccc1OCCN(C)Cc1ccc(CO)o1. The molecule has 0 aliphatic heterocycles. The molecule has 22 heavy (non-hydrogen) atoms. The Bertz CT molecular complexity index is 592. The van der Waals surface area contributed by atoms with E-state index in [9.17, 15) is 0 Å². The Morgan fingerprint density at radius 2 is 2.00 bits per heavy atom. The van der Waals surface area contributed by atoms with Crippen LogP contribution >= 0.6 is 0 Å². The monoisotopic (exact) mass is 301 g/mol. The number of hydrogen-bond acceptors (Lipinski definition) is 4. The van der Waals surface area contributed by atoms with E-state index in [-0.39, 0.29) is 6.61 Å². The minimum Gasteiger partial charge on any atom is -0.492 e. The molecule has 0 unspecified atom stereocenters. The van der Waals surface area contributed by atoms with Crippen molar-refractivity contribution in [1.29, 1.82) is 0 Å². The molecule has 1 heterocycles. The molecule has 0 atom stereocenters. The summed E-state index contributed by atoms with van der Waals surface area (Å²) in [6, 6.07) is 11.7. The zero-order chi connectivity index (χ0) is 15.8. The third-order valence-electron chi connectivity index (χ3n) is 3.37. The number of para-hydroxylation sites is 1. The normalized spacial score (nSPS) is 10.9. The van der Waals surface area contributed by atoms with Gasteiger partial charge < -0.3 is 14.3 Å². The van der Waals surface area contributed by atoms with Gasteiger partial charge in [-0.05, 0) is 37.2 Å². The summed E-state index contributed by atoms with van der Waals surface area (Å²) in [4.78, 5) is 2.12. The number of hydrogen-bond donors (Lipinski definition) is 1. The average Bonchev–Trinajstić information content (AvgIpc) is 2.97. The molecule has 0 saturated heterocycles. The van der Waals surface area contributed by atoms with Gasteiger partial charge >= 0.3 is 0 Å². The lowest BCUT2D eigenvalue weighted by Crippen LogP contribution is -2.23. The van der Waals surface area contributed by atoms with Crippen LogP contribution in [0.25, 0.3) is 0 Å². The topological polar surface area (TPSA) is 45.8 Å². The van der Waals surface area contributed by atoms with Crippen molar-refractivity contribution < 1.29 is 14.3 Å². The number of nitrogens with zero attached hydrogens (tertiary/aromatic N) is 1. The zero-order valence-electron chi connectivity index (χ0n) is 13.0. The number of aliphatic hydroxyl groups is 1. The number of likely N-dealkylation sites (N-methyl/N-ethyl adjacent to an activating group) is 1. The van der Waals surface area contributed by atoms with Crippen LogP contribution in [0.3, 0.4) is 0 Å². The Labute approximate surface area is 131 Å². The van der Waals surface area contributed by atoms with Crippen LogP contribution in [0.1, 0.15) is 17.1 Å². The molecule has 4 nitrogen and oxygen atoms in total. The van der Waals surface area contributed by atoms with Crippen LogP contribution in [0.5, 0.6) is 5.75 Å². The van der Waals surface area contributed by atoms with Crippen molar-refractivity contribution in [2.45, 2.75) is 19.6 Å². The summed E-state index contributed by atoms with van der Waals surface area (Å²) in [5.41, 5.74) is 1.15. The highest BCUT2D eigenvalue weighted by molar-refractivity contribution is 5.34. The van der Waals surface area contributed by atoms with Gasteiger partial charge in [0.15, 0.2) is 0 Å². The van der Waals surface area contributed by atoms with Crippen molar-refractivity contribution in [3.63, 3.8) is 0 Å². The number of furan rings is 1. The molecule has 0 saturated carbocycles. The van der Waals surface area contributed by atoms with Gasteiger partial charge in [0.25, 0.3) is 0 Å². The van der Waals surface area contributed by atoms with Crippen molar-refractivity contribution in [3.05, 3.63) is 66.1 Å². The molecular formula is C18H23NO3. The van der Waals surface area contributed by atoms with Crippen molar-refractivity contribution >= 4 is 0 Å². The van der Waals surface area contributed by atoms with Crippen LogP contribution in [-0.4, -0.2) is 30.2 Å². The van der Waals surface area contributed by atoms with Crippen molar-refractivity contribution in [3.8, 4) is 5.75 Å². The summed E-state index contributed by atoms with van der Waals surface area (Å²) in [7, 11) is 2.01. The molecule has 118 valence electrons. The van der Waals surface area contributed by atoms with Gasteiger partial charge in [-0.15, -0.1) is 6.58 Å². The van der Waals surface area contributed by atoms with Gasteiger partial charge in [-0.2, -0.15) is 0 Å². The van der Waals surface area contributed by atoms with Crippen molar-refractivity contribution in [2.24, 2.45) is 0 Å². The van der Waals surface area contributed by atoms with E-state index in [0.29, 0.717) is 18.9 Å². The third kappa shape index (κ3) is 4.76. The fourth-order valence-electron chi connectivity index (χ4n) is 2.22. The van der Waals surface area contributed by atoms with E-state index in [0.717, 1.165) is 30.0 Å². The molecule has 0 amide bonds. The quantitative estimate of drug-likeness (QED) is 0.723. The smallest absolute Gasteiger partial charge is 0.129 e. The maximum absolute atomic E-state index is 8.99. The molecule has 0 fully saturated rings. The number of ether oxygens (including phenoxy) is 1. The minimum atomic E-state index is -0.0626. The predicted molar refractivity (Wildman–Crippen MR) is 86.8 cm³/mol. The zero-order valence-corrected chi connectivity index (χ0v) is 13.0. The largest absolute Gasteiger partial charge is 0.492 e. The van der Waals surface area contributed by atoms with E-state index in [2.05, 4.69) is 17.5 Å². The molecule has 0 aliphatic carbocycles. The summed E-state index contributed by atoms with van der Waals surface area (Å²) < 4.78 is 11.3. The van der Waals surface area contributed by atoms with Crippen LogP contribution in [0.2, 0.25) is 0 Å². The predicted octanol–water partition coefficient (Wildman–Crippen LogP) is 3.01. The second kappa shape index (κ2) is 8.41.